The van der Waals surface area contributed by atoms with Crippen LogP contribution in [0.2, 0.25) is 0 Å². The fourth-order valence-corrected chi connectivity index (χ4v) is 2.69. The maximum Gasteiger partial charge on any atom is 0.0272 e. The van der Waals surface area contributed by atoms with Crippen molar-refractivity contribution in [2.75, 3.05) is 11.5 Å². The summed E-state index contributed by atoms with van der Waals surface area (Å²) in [5.41, 5.74) is 0. The van der Waals surface area contributed by atoms with E-state index in [2.05, 4.69) is 13.5 Å². The van der Waals surface area contributed by atoms with Crippen molar-refractivity contribution < 1.29 is 0 Å². The van der Waals surface area contributed by atoms with Gasteiger partial charge in [-0.15, -0.1) is 11.8 Å². The van der Waals surface area contributed by atoms with Crippen molar-refractivity contribution in [2.24, 2.45) is 0 Å². The Hall–Kier alpha value is 0.440. The Bertz CT molecular complexity index is 94.7. The molecular weight excluding hydrogens is 136 g/mol. The highest BCUT2D eigenvalue weighted by atomic mass is 32.2. The van der Waals surface area contributed by atoms with E-state index in [0.29, 0.717) is 0 Å². The molecule has 0 nitrogen and oxygen atoms in total. The summed E-state index contributed by atoms with van der Waals surface area (Å²) in [6, 6.07) is 0. The second kappa shape index (κ2) is 2.83. The second-order valence-electron chi connectivity index (χ2n) is 1.98. The first-order valence-corrected chi connectivity index (χ1v) is 4.72. The summed E-state index contributed by atoms with van der Waals surface area (Å²) in [7, 11) is 0. The lowest BCUT2D eigenvalue weighted by Gasteiger charge is -2.23. The Balaban J connectivity index is 2.09. The van der Waals surface area contributed by atoms with Gasteiger partial charge in [0.1, 0.15) is 0 Å². The van der Waals surface area contributed by atoms with E-state index in [0.717, 1.165) is 5.25 Å². The minimum atomic E-state index is 0.887. The van der Waals surface area contributed by atoms with Crippen LogP contribution in [0.1, 0.15) is 6.92 Å². The quantitative estimate of drug-likeness (QED) is 0.586. The summed E-state index contributed by atoms with van der Waals surface area (Å²) in [4.78, 5) is 1.26. The molecule has 0 bridgehead atoms. The highest BCUT2D eigenvalue weighted by Crippen LogP contribution is 2.32. The summed E-state index contributed by atoms with van der Waals surface area (Å²) in [5, 5.41) is 0.887. The number of hydrogen-bond donors (Lipinski definition) is 0. The maximum atomic E-state index is 3.83. The first-order valence-electron chi connectivity index (χ1n) is 2.69. The summed E-state index contributed by atoms with van der Waals surface area (Å²) in [6.07, 6.45) is 0. The van der Waals surface area contributed by atoms with Gasteiger partial charge in [-0.3, -0.25) is 0 Å². The topological polar surface area (TPSA) is 0 Å². The van der Waals surface area contributed by atoms with Gasteiger partial charge < -0.3 is 0 Å². The second-order valence-corrected chi connectivity index (χ2v) is 4.65. The monoisotopic (exact) mass is 146 g/mol. The molecule has 8 heavy (non-hydrogen) atoms. The molecule has 0 aromatic rings. The SMILES string of the molecule is C=C(C)SC1CSC1. The summed E-state index contributed by atoms with van der Waals surface area (Å²) in [6.45, 7) is 5.91. The molecule has 1 fully saturated rings. The number of rotatable bonds is 2. The van der Waals surface area contributed by atoms with Crippen LogP contribution >= 0.6 is 23.5 Å². The molecule has 0 saturated carbocycles. The molecule has 0 amide bonds. The number of allylic oxidation sites excluding steroid dienone is 1. The molecule has 46 valence electrons. The molecule has 2 heteroatoms. The Morgan fingerprint density at radius 1 is 1.75 bits per heavy atom. The molecule has 0 aromatic carbocycles. The molecule has 0 N–H and O–H groups in total. The van der Waals surface area contributed by atoms with Crippen molar-refractivity contribution in [1.82, 2.24) is 0 Å². The van der Waals surface area contributed by atoms with Gasteiger partial charge in [-0.05, 0) is 11.8 Å². The summed E-state index contributed by atoms with van der Waals surface area (Å²) >= 11 is 3.95. The van der Waals surface area contributed by atoms with Gasteiger partial charge in [-0.2, -0.15) is 11.8 Å². The van der Waals surface area contributed by atoms with Crippen molar-refractivity contribution >= 4 is 23.5 Å². The third-order valence-electron chi connectivity index (χ3n) is 0.975. The molecule has 0 unspecified atom stereocenters. The van der Waals surface area contributed by atoms with E-state index < -0.39 is 0 Å². The van der Waals surface area contributed by atoms with Crippen LogP contribution in [-0.2, 0) is 0 Å². The predicted octanol–water partition coefficient (Wildman–Crippen LogP) is 2.37. The zero-order chi connectivity index (χ0) is 5.98. The highest BCUT2D eigenvalue weighted by molar-refractivity contribution is 8.09. The predicted molar refractivity (Wildman–Crippen MR) is 43.5 cm³/mol. The maximum absolute atomic E-state index is 3.83. The molecule has 0 atom stereocenters. The van der Waals surface area contributed by atoms with Crippen LogP contribution < -0.4 is 0 Å². The van der Waals surface area contributed by atoms with Crippen LogP contribution in [0.3, 0.4) is 0 Å². The van der Waals surface area contributed by atoms with E-state index in [-0.39, 0.29) is 0 Å². The first kappa shape index (κ1) is 6.56. The Kier molecular flexibility index (Phi) is 2.32. The Morgan fingerprint density at radius 3 is 2.50 bits per heavy atom. The summed E-state index contributed by atoms with van der Waals surface area (Å²) < 4.78 is 0. The van der Waals surface area contributed by atoms with Gasteiger partial charge in [-0.25, -0.2) is 0 Å². The largest absolute Gasteiger partial charge is 0.160 e. The lowest BCUT2D eigenvalue weighted by atomic mass is 10.5. The third-order valence-corrected chi connectivity index (χ3v) is 3.74. The van der Waals surface area contributed by atoms with Crippen LogP contribution in [0, 0.1) is 0 Å². The average Bonchev–Trinajstić information content (AvgIpc) is 1.55. The fourth-order valence-electron chi connectivity index (χ4n) is 0.567. The zero-order valence-electron chi connectivity index (χ0n) is 5.02. The number of thioether (sulfide) groups is 2. The molecule has 0 radical (unpaired) electrons. The van der Waals surface area contributed by atoms with Crippen LogP contribution in [0.25, 0.3) is 0 Å². The third kappa shape index (κ3) is 1.75. The van der Waals surface area contributed by atoms with Crippen LogP contribution in [0.15, 0.2) is 11.5 Å². The van der Waals surface area contributed by atoms with Gasteiger partial charge in [0.25, 0.3) is 0 Å². The van der Waals surface area contributed by atoms with Crippen molar-refractivity contribution in [3.8, 4) is 0 Å². The minimum absolute atomic E-state index is 0.887. The van der Waals surface area contributed by atoms with Crippen LogP contribution in [0.5, 0.6) is 0 Å². The normalized spacial score (nSPS) is 20.1. The van der Waals surface area contributed by atoms with Gasteiger partial charge in [0.05, 0.1) is 0 Å². The van der Waals surface area contributed by atoms with Crippen molar-refractivity contribution in [3.05, 3.63) is 11.5 Å². The van der Waals surface area contributed by atoms with E-state index in [9.17, 15) is 0 Å². The van der Waals surface area contributed by atoms with Gasteiger partial charge in [0.15, 0.2) is 0 Å². The van der Waals surface area contributed by atoms with Crippen molar-refractivity contribution in [3.63, 3.8) is 0 Å². The van der Waals surface area contributed by atoms with E-state index >= 15 is 0 Å². The van der Waals surface area contributed by atoms with Crippen LogP contribution in [0.4, 0.5) is 0 Å². The molecule has 1 saturated heterocycles. The lowest BCUT2D eigenvalue weighted by molar-refractivity contribution is 1.09. The van der Waals surface area contributed by atoms with E-state index in [4.69, 9.17) is 0 Å². The van der Waals surface area contributed by atoms with E-state index in [1.807, 2.05) is 23.5 Å². The molecule has 0 aromatic heterocycles. The van der Waals surface area contributed by atoms with Crippen LogP contribution in [-0.4, -0.2) is 16.8 Å². The first-order chi connectivity index (χ1) is 3.79. The zero-order valence-corrected chi connectivity index (χ0v) is 6.65. The molecule has 0 spiro atoms. The molecule has 0 aliphatic carbocycles. The summed E-state index contributed by atoms with van der Waals surface area (Å²) in [5.74, 6) is 2.66. The van der Waals surface area contributed by atoms with Crippen molar-refractivity contribution in [2.45, 2.75) is 12.2 Å². The molecule has 1 rings (SSSR count). The number of hydrogen-bond acceptors (Lipinski definition) is 2. The van der Waals surface area contributed by atoms with Crippen molar-refractivity contribution in [1.29, 1.82) is 0 Å². The standard InChI is InChI=1S/C6H10S2/c1-5(2)8-6-3-7-4-6/h6H,1,3-4H2,2H3. The Labute approximate surface area is 59.1 Å². The molecule has 1 heterocycles. The fraction of sp³-hybridized carbons (Fsp3) is 0.667. The van der Waals surface area contributed by atoms with Gasteiger partial charge in [-0.1, -0.05) is 6.58 Å². The minimum Gasteiger partial charge on any atom is -0.160 e. The van der Waals surface area contributed by atoms with Gasteiger partial charge >= 0.3 is 0 Å². The molecule has 1 aliphatic rings. The molecule has 1 aliphatic heterocycles. The average molecular weight is 146 g/mol. The highest BCUT2D eigenvalue weighted by Gasteiger charge is 2.17. The van der Waals surface area contributed by atoms with E-state index in [1.54, 1.807) is 0 Å². The molecular formula is C6H10S2. The van der Waals surface area contributed by atoms with E-state index in [1.165, 1.54) is 16.4 Å². The van der Waals surface area contributed by atoms with Gasteiger partial charge in [0.2, 0.25) is 0 Å². The Morgan fingerprint density at radius 2 is 2.38 bits per heavy atom. The van der Waals surface area contributed by atoms with Gasteiger partial charge in [0, 0.05) is 16.8 Å². The lowest BCUT2D eigenvalue weighted by Crippen LogP contribution is -2.20. The smallest absolute Gasteiger partial charge is 0.0272 e.